The van der Waals surface area contributed by atoms with Crippen molar-refractivity contribution in [2.24, 2.45) is 0 Å². The number of likely N-dealkylation sites (N-methyl/N-ethyl adjacent to an activating group) is 1. The normalized spacial score (nSPS) is 11.0. The highest BCUT2D eigenvalue weighted by Gasteiger charge is 2.11. The molecule has 0 fully saturated rings. The summed E-state index contributed by atoms with van der Waals surface area (Å²) in [7, 11) is 3.29. The summed E-state index contributed by atoms with van der Waals surface area (Å²) in [6, 6.07) is 1.80. The number of nitrogens with one attached hydrogen (secondary N) is 2. The molecule has 0 saturated carbocycles. The van der Waals surface area contributed by atoms with E-state index in [-0.39, 0.29) is 24.6 Å². The maximum absolute atomic E-state index is 11.9. The van der Waals surface area contributed by atoms with Gasteiger partial charge in [0.05, 0.1) is 25.2 Å². The summed E-state index contributed by atoms with van der Waals surface area (Å²) >= 11 is 1.35. The molecule has 0 aliphatic heterocycles. The number of hydrogen-bond donors (Lipinski definition) is 2. The molecule has 114 valence electrons. The van der Waals surface area contributed by atoms with E-state index in [1.807, 2.05) is 5.38 Å². The van der Waals surface area contributed by atoms with Gasteiger partial charge >= 0.3 is 0 Å². The molecule has 0 aromatic carbocycles. The van der Waals surface area contributed by atoms with Crippen molar-refractivity contribution in [2.45, 2.75) is 6.54 Å². The summed E-state index contributed by atoms with van der Waals surface area (Å²) in [6.07, 6.45) is 0. The molecule has 0 spiro atoms. The molecule has 21 heavy (non-hydrogen) atoms. The lowest BCUT2D eigenvalue weighted by Gasteiger charge is -2.16. The molecule has 0 saturated heterocycles. The molecule has 2 aromatic rings. The van der Waals surface area contributed by atoms with Crippen LogP contribution in [0.25, 0.3) is 10.2 Å². The van der Waals surface area contributed by atoms with Gasteiger partial charge in [0.1, 0.15) is 10.5 Å². The number of thiophene rings is 1. The topological polar surface area (TPSA) is 87.3 Å². The average molecular weight is 310 g/mol. The smallest absolute Gasteiger partial charge is 0.268 e. The van der Waals surface area contributed by atoms with Crippen LogP contribution < -0.4 is 10.9 Å². The Hall–Kier alpha value is -1.77. The van der Waals surface area contributed by atoms with E-state index in [9.17, 15) is 9.59 Å². The van der Waals surface area contributed by atoms with E-state index in [1.54, 1.807) is 20.2 Å². The first kappa shape index (κ1) is 15.6. The van der Waals surface area contributed by atoms with E-state index in [1.165, 1.54) is 16.2 Å². The van der Waals surface area contributed by atoms with Crippen LogP contribution in [-0.2, 0) is 16.1 Å². The van der Waals surface area contributed by atoms with Gasteiger partial charge in [-0.25, -0.2) is 4.98 Å². The van der Waals surface area contributed by atoms with Crippen LogP contribution in [0, 0.1) is 0 Å². The second-order valence-electron chi connectivity index (χ2n) is 4.57. The van der Waals surface area contributed by atoms with Crippen molar-refractivity contribution < 1.29 is 9.53 Å². The Kier molecular flexibility index (Phi) is 5.43. The second kappa shape index (κ2) is 7.30. The fourth-order valence-corrected chi connectivity index (χ4v) is 2.54. The number of hydrogen-bond acceptors (Lipinski definition) is 6. The van der Waals surface area contributed by atoms with Crippen LogP contribution >= 0.6 is 11.3 Å². The third-order valence-corrected chi connectivity index (χ3v) is 3.84. The number of methoxy groups -OCH3 is 1. The standard InChI is InChI=1S/C13H18N4O3S/c1-17(11(18)7-14-4-5-20-2)8-10-15-9-3-6-21-12(9)13(19)16-10/h3,6,14H,4-5,7-8H2,1-2H3,(H,15,16,19). The Morgan fingerprint density at radius 1 is 1.57 bits per heavy atom. The molecule has 0 unspecified atom stereocenters. The molecule has 0 radical (unpaired) electrons. The predicted molar refractivity (Wildman–Crippen MR) is 81.5 cm³/mol. The van der Waals surface area contributed by atoms with Crippen molar-refractivity contribution in [3.05, 3.63) is 27.6 Å². The highest BCUT2D eigenvalue weighted by Crippen LogP contribution is 2.13. The molecule has 2 N–H and O–H groups in total. The van der Waals surface area contributed by atoms with Gasteiger partial charge in [-0.1, -0.05) is 0 Å². The van der Waals surface area contributed by atoms with Crippen LogP contribution in [0.15, 0.2) is 16.2 Å². The molecule has 2 aromatic heterocycles. The summed E-state index contributed by atoms with van der Waals surface area (Å²) in [5.74, 6) is 0.415. The SMILES string of the molecule is COCCNCC(=O)N(C)Cc1nc2ccsc2c(=O)[nH]1. The van der Waals surface area contributed by atoms with Gasteiger partial charge in [0.2, 0.25) is 5.91 Å². The summed E-state index contributed by atoms with van der Waals surface area (Å²) < 4.78 is 5.50. The molecule has 0 bridgehead atoms. The van der Waals surface area contributed by atoms with Crippen molar-refractivity contribution in [1.29, 1.82) is 0 Å². The van der Waals surface area contributed by atoms with Gasteiger partial charge in [-0.3, -0.25) is 9.59 Å². The first-order valence-corrected chi connectivity index (χ1v) is 7.40. The van der Waals surface area contributed by atoms with Gasteiger partial charge < -0.3 is 19.9 Å². The minimum atomic E-state index is -0.163. The average Bonchev–Trinajstić information content (AvgIpc) is 2.92. The fraction of sp³-hybridized carbons (Fsp3) is 0.462. The highest BCUT2D eigenvalue weighted by molar-refractivity contribution is 7.17. The number of aromatic nitrogens is 2. The maximum Gasteiger partial charge on any atom is 0.268 e. The monoisotopic (exact) mass is 310 g/mol. The lowest BCUT2D eigenvalue weighted by molar-refractivity contribution is -0.129. The zero-order valence-corrected chi connectivity index (χ0v) is 12.8. The van der Waals surface area contributed by atoms with Crippen LogP contribution in [0.3, 0.4) is 0 Å². The Bertz CT molecular complexity index is 667. The zero-order valence-electron chi connectivity index (χ0n) is 12.0. The van der Waals surface area contributed by atoms with Crippen LogP contribution in [0.4, 0.5) is 0 Å². The van der Waals surface area contributed by atoms with Crippen LogP contribution in [0.5, 0.6) is 0 Å². The van der Waals surface area contributed by atoms with Crippen molar-refractivity contribution in [3.8, 4) is 0 Å². The number of nitrogens with zero attached hydrogens (tertiary/aromatic N) is 2. The van der Waals surface area contributed by atoms with Gasteiger partial charge in [-0.2, -0.15) is 0 Å². The van der Waals surface area contributed by atoms with Gasteiger partial charge in [-0.05, 0) is 11.4 Å². The van der Waals surface area contributed by atoms with E-state index in [2.05, 4.69) is 15.3 Å². The molecule has 8 heteroatoms. The number of carbonyl (C=O) groups is 1. The third kappa shape index (κ3) is 4.10. The Balaban J connectivity index is 1.95. The quantitative estimate of drug-likeness (QED) is 0.712. The molecule has 0 aliphatic rings. The third-order valence-electron chi connectivity index (χ3n) is 2.94. The van der Waals surface area contributed by atoms with E-state index >= 15 is 0 Å². The van der Waals surface area contributed by atoms with E-state index in [0.29, 0.717) is 29.2 Å². The van der Waals surface area contributed by atoms with Gasteiger partial charge in [0.25, 0.3) is 5.56 Å². The Morgan fingerprint density at radius 3 is 3.14 bits per heavy atom. The highest BCUT2D eigenvalue weighted by atomic mass is 32.1. The molecular weight excluding hydrogens is 292 g/mol. The maximum atomic E-state index is 11.9. The minimum Gasteiger partial charge on any atom is -0.383 e. The number of aromatic amines is 1. The summed E-state index contributed by atoms with van der Waals surface area (Å²) in [4.78, 5) is 32.3. The zero-order chi connectivity index (χ0) is 15.2. The van der Waals surface area contributed by atoms with Crippen LogP contribution in [-0.4, -0.2) is 54.6 Å². The fourth-order valence-electron chi connectivity index (χ4n) is 1.81. The molecule has 2 heterocycles. The van der Waals surface area contributed by atoms with Crippen molar-refractivity contribution >= 4 is 27.5 Å². The number of carbonyl (C=O) groups excluding carboxylic acids is 1. The number of fused-ring (bicyclic) bond motifs is 1. The Labute approximate surface area is 125 Å². The summed E-state index contributed by atoms with van der Waals surface area (Å²) in [6.45, 7) is 1.67. The number of rotatable bonds is 7. The molecular formula is C13H18N4O3S. The lowest BCUT2D eigenvalue weighted by atomic mass is 10.4. The van der Waals surface area contributed by atoms with Crippen LogP contribution in [0.2, 0.25) is 0 Å². The summed E-state index contributed by atoms with van der Waals surface area (Å²) in [5, 5.41) is 4.81. The summed E-state index contributed by atoms with van der Waals surface area (Å²) in [5.41, 5.74) is 0.502. The number of amides is 1. The molecule has 0 aliphatic carbocycles. The minimum absolute atomic E-state index is 0.0702. The first-order chi connectivity index (χ1) is 10.1. The molecule has 1 amide bonds. The van der Waals surface area contributed by atoms with Crippen molar-refractivity contribution in [2.75, 3.05) is 33.9 Å². The Morgan fingerprint density at radius 2 is 2.38 bits per heavy atom. The van der Waals surface area contributed by atoms with E-state index < -0.39 is 0 Å². The lowest BCUT2D eigenvalue weighted by Crippen LogP contribution is -2.36. The predicted octanol–water partition coefficient (Wildman–Crippen LogP) is 0.179. The van der Waals surface area contributed by atoms with Crippen molar-refractivity contribution in [1.82, 2.24) is 20.2 Å². The first-order valence-electron chi connectivity index (χ1n) is 6.52. The molecule has 7 nitrogen and oxygen atoms in total. The van der Waals surface area contributed by atoms with E-state index in [0.717, 1.165) is 0 Å². The van der Waals surface area contributed by atoms with Gasteiger partial charge in [0.15, 0.2) is 0 Å². The number of ether oxygens (including phenoxy) is 1. The largest absolute Gasteiger partial charge is 0.383 e. The number of H-pyrrole nitrogens is 1. The van der Waals surface area contributed by atoms with Gasteiger partial charge in [0, 0.05) is 20.7 Å². The molecule has 0 atom stereocenters. The van der Waals surface area contributed by atoms with Crippen LogP contribution in [0.1, 0.15) is 5.82 Å². The second-order valence-corrected chi connectivity index (χ2v) is 5.48. The van der Waals surface area contributed by atoms with E-state index in [4.69, 9.17) is 4.74 Å². The molecule has 2 rings (SSSR count). The van der Waals surface area contributed by atoms with Gasteiger partial charge in [-0.15, -0.1) is 11.3 Å². The van der Waals surface area contributed by atoms with Crippen molar-refractivity contribution in [3.63, 3.8) is 0 Å².